The standard InChI is InChI=1S/C17H18ClF3N2O2/c18-11-4-5-13(12(10-11)17(19,20)21)22-14(24)16(6-7-16)15(25)23-8-2-1-3-9-23/h4-5,10H,1-3,6-9H2,(H,22,24). The number of alkyl halides is 3. The molecule has 0 radical (unpaired) electrons. The fourth-order valence-corrected chi connectivity index (χ4v) is 3.34. The minimum Gasteiger partial charge on any atom is -0.342 e. The third-order valence-electron chi connectivity index (χ3n) is 4.77. The Hall–Kier alpha value is -1.76. The van der Waals surface area contributed by atoms with E-state index in [0.717, 1.165) is 31.4 Å². The Morgan fingerprint density at radius 3 is 2.32 bits per heavy atom. The van der Waals surface area contributed by atoms with E-state index < -0.39 is 23.1 Å². The van der Waals surface area contributed by atoms with Gasteiger partial charge in [-0.25, -0.2) is 0 Å². The second-order valence-electron chi connectivity index (χ2n) is 6.58. The highest BCUT2D eigenvalue weighted by molar-refractivity contribution is 6.30. The lowest BCUT2D eigenvalue weighted by Crippen LogP contribution is -2.45. The van der Waals surface area contributed by atoms with Gasteiger partial charge in [0.05, 0.1) is 11.3 Å². The first-order valence-corrected chi connectivity index (χ1v) is 8.59. The van der Waals surface area contributed by atoms with E-state index in [2.05, 4.69) is 5.32 Å². The van der Waals surface area contributed by atoms with E-state index >= 15 is 0 Å². The number of halogens is 4. The van der Waals surface area contributed by atoms with Gasteiger partial charge in [-0.15, -0.1) is 0 Å². The number of nitrogens with one attached hydrogen (secondary N) is 1. The van der Waals surface area contributed by atoms with Gasteiger partial charge in [0.2, 0.25) is 11.8 Å². The Balaban J connectivity index is 1.79. The van der Waals surface area contributed by atoms with Crippen molar-refractivity contribution in [1.29, 1.82) is 0 Å². The highest BCUT2D eigenvalue weighted by Gasteiger charge is 2.58. The molecule has 1 aliphatic carbocycles. The average Bonchev–Trinajstić information content (AvgIpc) is 3.37. The summed E-state index contributed by atoms with van der Waals surface area (Å²) in [5, 5.41) is 2.23. The highest BCUT2D eigenvalue weighted by atomic mass is 35.5. The Morgan fingerprint density at radius 2 is 1.76 bits per heavy atom. The predicted molar refractivity (Wildman–Crippen MR) is 87.2 cm³/mol. The summed E-state index contributed by atoms with van der Waals surface area (Å²) in [5.41, 5.74) is -2.62. The van der Waals surface area contributed by atoms with Crippen molar-refractivity contribution in [3.63, 3.8) is 0 Å². The molecule has 1 saturated heterocycles. The van der Waals surface area contributed by atoms with Crippen LogP contribution in [-0.4, -0.2) is 29.8 Å². The van der Waals surface area contributed by atoms with Gasteiger partial charge in [-0.05, 0) is 50.3 Å². The van der Waals surface area contributed by atoms with Crippen molar-refractivity contribution in [3.05, 3.63) is 28.8 Å². The summed E-state index contributed by atoms with van der Waals surface area (Å²) in [4.78, 5) is 26.9. The van der Waals surface area contributed by atoms with Crippen LogP contribution in [0, 0.1) is 5.41 Å². The summed E-state index contributed by atoms with van der Waals surface area (Å²) < 4.78 is 39.5. The van der Waals surface area contributed by atoms with Crippen molar-refractivity contribution in [3.8, 4) is 0 Å². The van der Waals surface area contributed by atoms with E-state index in [0.29, 0.717) is 25.9 Å². The second-order valence-corrected chi connectivity index (χ2v) is 7.01. The quantitative estimate of drug-likeness (QED) is 0.810. The average molecular weight is 375 g/mol. The van der Waals surface area contributed by atoms with Crippen LogP contribution in [-0.2, 0) is 15.8 Å². The molecule has 2 amide bonds. The molecule has 25 heavy (non-hydrogen) atoms. The van der Waals surface area contributed by atoms with E-state index in [4.69, 9.17) is 11.6 Å². The van der Waals surface area contributed by atoms with E-state index in [1.165, 1.54) is 6.07 Å². The molecule has 2 fully saturated rings. The summed E-state index contributed by atoms with van der Waals surface area (Å²) in [5.74, 6) is -0.942. The van der Waals surface area contributed by atoms with Crippen molar-refractivity contribution in [2.45, 2.75) is 38.3 Å². The largest absolute Gasteiger partial charge is 0.418 e. The van der Waals surface area contributed by atoms with Crippen molar-refractivity contribution in [2.75, 3.05) is 18.4 Å². The fraction of sp³-hybridized carbons (Fsp3) is 0.529. The van der Waals surface area contributed by atoms with E-state index in [1.54, 1.807) is 4.90 Å². The topological polar surface area (TPSA) is 49.4 Å². The lowest BCUT2D eigenvalue weighted by Gasteiger charge is -2.30. The van der Waals surface area contributed by atoms with Gasteiger partial charge in [0.1, 0.15) is 5.41 Å². The monoisotopic (exact) mass is 374 g/mol. The zero-order chi connectivity index (χ0) is 18.2. The zero-order valence-corrected chi connectivity index (χ0v) is 14.2. The van der Waals surface area contributed by atoms with Crippen LogP contribution in [0.5, 0.6) is 0 Å². The molecule has 0 aromatic heterocycles. The van der Waals surface area contributed by atoms with Crippen LogP contribution in [0.3, 0.4) is 0 Å². The van der Waals surface area contributed by atoms with E-state index in [9.17, 15) is 22.8 Å². The van der Waals surface area contributed by atoms with Gasteiger partial charge in [0.15, 0.2) is 0 Å². The molecule has 2 aliphatic rings. The van der Waals surface area contributed by atoms with Crippen LogP contribution in [0.2, 0.25) is 5.02 Å². The number of carbonyl (C=O) groups excluding carboxylic acids is 2. The summed E-state index contributed by atoms with van der Waals surface area (Å²) in [7, 11) is 0. The number of hydrogen-bond donors (Lipinski definition) is 1. The number of carbonyl (C=O) groups is 2. The lowest BCUT2D eigenvalue weighted by atomic mass is 10.0. The smallest absolute Gasteiger partial charge is 0.342 e. The minimum absolute atomic E-state index is 0.0733. The molecule has 1 aliphatic heterocycles. The van der Waals surface area contributed by atoms with Crippen molar-refractivity contribution in [2.24, 2.45) is 5.41 Å². The molecule has 136 valence electrons. The van der Waals surface area contributed by atoms with E-state index in [1.807, 2.05) is 0 Å². The number of piperidine rings is 1. The van der Waals surface area contributed by atoms with Gasteiger partial charge in [-0.1, -0.05) is 11.6 Å². The number of amides is 2. The van der Waals surface area contributed by atoms with Gasteiger partial charge < -0.3 is 10.2 Å². The van der Waals surface area contributed by atoms with Crippen LogP contribution in [0.15, 0.2) is 18.2 Å². The van der Waals surface area contributed by atoms with Gasteiger partial charge in [0.25, 0.3) is 0 Å². The maximum absolute atomic E-state index is 13.2. The van der Waals surface area contributed by atoms with Gasteiger partial charge in [0, 0.05) is 18.1 Å². The first-order chi connectivity index (χ1) is 11.7. The number of benzene rings is 1. The summed E-state index contributed by atoms with van der Waals surface area (Å²) in [6.07, 6.45) is -1.10. The van der Waals surface area contributed by atoms with Gasteiger partial charge in [-0.3, -0.25) is 9.59 Å². The fourth-order valence-electron chi connectivity index (χ4n) is 3.16. The molecular formula is C17H18ClF3N2O2. The first kappa shape index (κ1) is 18.0. The number of hydrogen-bond acceptors (Lipinski definition) is 2. The molecule has 0 bridgehead atoms. The summed E-state index contributed by atoms with van der Waals surface area (Å²) in [6, 6.07) is 3.16. The molecule has 0 unspecified atom stereocenters. The van der Waals surface area contributed by atoms with Crippen molar-refractivity contribution in [1.82, 2.24) is 4.90 Å². The molecule has 4 nitrogen and oxygen atoms in total. The molecular weight excluding hydrogens is 357 g/mol. The number of rotatable bonds is 3. The highest BCUT2D eigenvalue weighted by Crippen LogP contribution is 2.49. The second kappa shape index (κ2) is 6.52. The molecule has 1 aromatic rings. The zero-order valence-electron chi connectivity index (χ0n) is 13.5. The van der Waals surface area contributed by atoms with Gasteiger partial charge in [-0.2, -0.15) is 13.2 Å². The summed E-state index contributed by atoms with van der Waals surface area (Å²) in [6.45, 7) is 1.20. The lowest BCUT2D eigenvalue weighted by molar-refractivity contribution is -0.143. The van der Waals surface area contributed by atoms with Crippen LogP contribution in [0.25, 0.3) is 0 Å². The number of anilines is 1. The van der Waals surface area contributed by atoms with Crippen LogP contribution < -0.4 is 5.32 Å². The van der Waals surface area contributed by atoms with Gasteiger partial charge >= 0.3 is 6.18 Å². The SMILES string of the molecule is O=C(Nc1ccc(Cl)cc1C(F)(F)F)C1(C(=O)N2CCCCC2)CC1. The maximum atomic E-state index is 13.2. The molecule has 3 rings (SSSR count). The van der Waals surface area contributed by atoms with Crippen molar-refractivity contribution < 1.29 is 22.8 Å². The molecule has 0 spiro atoms. The molecule has 1 aromatic carbocycles. The number of nitrogens with zero attached hydrogens (tertiary/aromatic N) is 1. The third kappa shape index (κ3) is 3.61. The summed E-state index contributed by atoms with van der Waals surface area (Å²) >= 11 is 5.64. The molecule has 0 atom stereocenters. The minimum atomic E-state index is -4.65. The first-order valence-electron chi connectivity index (χ1n) is 8.22. The van der Waals surface area contributed by atoms with E-state index in [-0.39, 0.29) is 16.6 Å². The molecule has 1 N–H and O–H groups in total. The number of likely N-dealkylation sites (tertiary alicyclic amines) is 1. The predicted octanol–water partition coefficient (Wildman–Crippen LogP) is 4.09. The Bertz CT molecular complexity index is 696. The molecule has 8 heteroatoms. The van der Waals surface area contributed by atoms with Crippen LogP contribution >= 0.6 is 11.6 Å². The Morgan fingerprint density at radius 1 is 1.12 bits per heavy atom. The molecule has 1 heterocycles. The Labute approximate surface area is 148 Å². The normalized spacial score (nSPS) is 19.4. The molecule has 1 saturated carbocycles. The van der Waals surface area contributed by atoms with Crippen LogP contribution in [0.4, 0.5) is 18.9 Å². The maximum Gasteiger partial charge on any atom is 0.418 e. The van der Waals surface area contributed by atoms with Crippen molar-refractivity contribution >= 4 is 29.1 Å². The van der Waals surface area contributed by atoms with Crippen LogP contribution in [0.1, 0.15) is 37.7 Å². The third-order valence-corrected chi connectivity index (χ3v) is 5.01. The Kier molecular flexibility index (Phi) is 4.70.